The summed E-state index contributed by atoms with van der Waals surface area (Å²) in [6.45, 7) is -0.0230. The van der Waals surface area contributed by atoms with Crippen LogP contribution >= 0.6 is 0 Å². The summed E-state index contributed by atoms with van der Waals surface area (Å²) in [6.07, 6.45) is -0.611. The number of nitrogens with zero attached hydrogens (tertiary/aromatic N) is 1. The van der Waals surface area contributed by atoms with Crippen LogP contribution in [0.3, 0.4) is 0 Å². The molecule has 3 aliphatic rings. The lowest BCUT2D eigenvalue weighted by Gasteiger charge is -2.35. The molecule has 2 amide bonds. The topological polar surface area (TPSA) is 69.6 Å². The SMILES string of the molecule is O=C(/C=C1\CCN(C(=O)C2(F)CCCC2)c2cc(C(F)(F)F)ccc21)Nc1cccc2c1CC(O)CC2. The molecule has 1 heterocycles. The molecule has 0 aromatic heterocycles. The Morgan fingerprint density at radius 1 is 1.11 bits per heavy atom. The van der Waals surface area contributed by atoms with Gasteiger partial charge < -0.3 is 15.3 Å². The quantitative estimate of drug-likeness (QED) is 0.413. The number of halogens is 4. The zero-order valence-electron chi connectivity index (χ0n) is 20.2. The number of aliphatic hydroxyl groups is 1. The Kier molecular flexibility index (Phi) is 6.60. The van der Waals surface area contributed by atoms with E-state index in [0.29, 0.717) is 48.9 Å². The van der Waals surface area contributed by atoms with Crippen LogP contribution < -0.4 is 10.2 Å². The van der Waals surface area contributed by atoms with E-state index < -0.39 is 35.3 Å². The van der Waals surface area contributed by atoms with Crippen molar-refractivity contribution in [1.82, 2.24) is 0 Å². The van der Waals surface area contributed by atoms with Gasteiger partial charge in [0, 0.05) is 30.3 Å². The van der Waals surface area contributed by atoms with Crippen LogP contribution in [0.1, 0.15) is 60.8 Å². The molecule has 2 aromatic carbocycles. The normalized spacial score (nSPS) is 21.9. The van der Waals surface area contributed by atoms with Gasteiger partial charge in [-0.15, -0.1) is 0 Å². The third-order valence-corrected chi connectivity index (χ3v) is 7.61. The molecule has 1 saturated carbocycles. The van der Waals surface area contributed by atoms with Gasteiger partial charge in [0.1, 0.15) is 0 Å². The molecule has 9 heteroatoms. The Hall–Kier alpha value is -3.20. The molecule has 2 aliphatic carbocycles. The molecule has 0 spiro atoms. The molecule has 0 radical (unpaired) electrons. The number of aliphatic hydroxyl groups excluding tert-OH is 1. The number of carbonyl (C=O) groups is 2. The molecule has 1 fully saturated rings. The first kappa shape index (κ1) is 25.4. The van der Waals surface area contributed by atoms with Gasteiger partial charge in [0.05, 0.1) is 17.4 Å². The minimum absolute atomic E-state index is 0.0230. The molecule has 0 saturated heterocycles. The zero-order chi connectivity index (χ0) is 26.4. The maximum Gasteiger partial charge on any atom is 0.416 e. The minimum Gasteiger partial charge on any atom is -0.393 e. The molecule has 1 atom stereocenters. The van der Waals surface area contributed by atoms with Crippen molar-refractivity contribution in [3.63, 3.8) is 0 Å². The van der Waals surface area contributed by atoms with E-state index in [1.807, 2.05) is 12.1 Å². The van der Waals surface area contributed by atoms with Gasteiger partial charge in [-0.2, -0.15) is 13.2 Å². The number of aryl methyl sites for hydroxylation is 1. The summed E-state index contributed by atoms with van der Waals surface area (Å²) in [7, 11) is 0. The molecular weight excluding hydrogens is 488 g/mol. The fourth-order valence-electron chi connectivity index (χ4n) is 5.66. The van der Waals surface area contributed by atoms with E-state index in [-0.39, 0.29) is 31.5 Å². The van der Waals surface area contributed by atoms with Crippen LogP contribution in [0.5, 0.6) is 0 Å². The summed E-state index contributed by atoms with van der Waals surface area (Å²) in [6, 6.07) is 8.56. The third-order valence-electron chi connectivity index (χ3n) is 7.61. The number of amides is 2. The van der Waals surface area contributed by atoms with Crippen LogP contribution in [0, 0.1) is 0 Å². The average Bonchev–Trinajstić information content (AvgIpc) is 3.31. The van der Waals surface area contributed by atoms with Crippen molar-refractivity contribution in [1.29, 1.82) is 0 Å². The number of alkyl halides is 4. The molecule has 0 bridgehead atoms. The molecule has 1 unspecified atom stereocenters. The molecule has 37 heavy (non-hydrogen) atoms. The summed E-state index contributed by atoms with van der Waals surface area (Å²) in [4.78, 5) is 27.2. The number of benzene rings is 2. The summed E-state index contributed by atoms with van der Waals surface area (Å²) in [5.74, 6) is -1.28. The predicted octanol–water partition coefficient (Wildman–Crippen LogP) is 5.60. The molecule has 1 aliphatic heterocycles. The lowest BCUT2D eigenvalue weighted by Crippen LogP contribution is -2.47. The monoisotopic (exact) mass is 516 g/mol. The van der Waals surface area contributed by atoms with Gasteiger partial charge in [0.25, 0.3) is 5.91 Å². The lowest BCUT2D eigenvalue weighted by molar-refractivity contribution is -0.137. The van der Waals surface area contributed by atoms with Crippen molar-refractivity contribution in [3.05, 3.63) is 64.7 Å². The molecule has 2 aromatic rings. The first-order chi connectivity index (χ1) is 17.5. The lowest BCUT2D eigenvalue weighted by atomic mass is 9.88. The maximum absolute atomic E-state index is 15.3. The van der Waals surface area contributed by atoms with E-state index in [0.717, 1.165) is 28.2 Å². The Morgan fingerprint density at radius 3 is 2.59 bits per heavy atom. The van der Waals surface area contributed by atoms with Gasteiger partial charge in [-0.05, 0) is 79.8 Å². The maximum atomic E-state index is 15.3. The van der Waals surface area contributed by atoms with Crippen LogP contribution in [-0.4, -0.2) is 35.2 Å². The summed E-state index contributed by atoms with van der Waals surface area (Å²) in [5, 5.41) is 12.9. The number of fused-ring (bicyclic) bond motifs is 2. The second kappa shape index (κ2) is 9.59. The molecular formula is C28H28F4N2O3. The van der Waals surface area contributed by atoms with Crippen LogP contribution in [0.4, 0.5) is 28.9 Å². The fraction of sp³-hybridized carbons (Fsp3) is 0.429. The van der Waals surface area contributed by atoms with Crippen molar-refractivity contribution in [2.24, 2.45) is 0 Å². The Morgan fingerprint density at radius 2 is 1.86 bits per heavy atom. The van der Waals surface area contributed by atoms with Gasteiger partial charge >= 0.3 is 6.18 Å². The highest BCUT2D eigenvalue weighted by Gasteiger charge is 2.46. The Labute approximate surface area is 212 Å². The van der Waals surface area contributed by atoms with Gasteiger partial charge in [-0.1, -0.05) is 18.2 Å². The van der Waals surface area contributed by atoms with E-state index in [4.69, 9.17) is 0 Å². The predicted molar refractivity (Wildman–Crippen MR) is 132 cm³/mol. The molecule has 5 nitrogen and oxygen atoms in total. The smallest absolute Gasteiger partial charge is 0.393 e. The van der Waals surface area contributed by atoms with Crippen molar-refractivity contribution in [2.75, 3.05) is 16.8 Å². The van der Waals surface area contributed by atoms with Crippen LogP contribution in [0.2, 0.25) is 0 Å². The highest BCUT2D eigenvalue weighted by Crippen LogP contribution is 2.43. The van der Waals surface area contributed by atoms with Gasteiger partial charge in [-0.3, -0.25) is 9.59 Å². The number of carbonyl (C=O) groups excluding carboxylic acids is 2. The molecule has 2 N–H and O–H groups in total. The highest BCUT2D eigenvalue weighted by molar-refractivity contribution is 6.08. The number of rotatable bonds is 3. The van der Waals surface area contributed by atoms with Crippen molar-refractivity contribution in [3.8, 4) is 0 Å². The zero-order valence-corrected chi connectivity index (χ0v) is 20.2. The fourth-order valence-corrected chi connectivity index (χ4v) is 5.66. The van der Waals surface area contributed by atoms with Gasteiger partial charge in [-0.25, -0.2) is 4.39 Å². The van der Waals surface area contributed by atoms with Gasteiger partial charge in [0.15, 0.2) is 5.67 Å². The number of anilines is 2. The van der Waals surface area contributed by atoms with Gasteiger partial charge in [0.2, 0.25) is 5.91 Å². The van der Waals surface area contributed by atoms with E-state index >= 15 is 4.39 Å². The third kappa shape index (κ3) is 5.01. The van der Waals surface area contributed by atoms with E-state index in [9.17, 15) is 27.9 Å². The van der Waals surface area contributed by atoms with E-state index in [1.165, 1.54) is 12.1 Å². The highest BCUT2D eigenvalue weighted by atomic mass is 19.4. The summed E-state index contributed by atoms with van der Waals surface area (Å²) >= 11 is 0. The van der Waals surface area contributed by atoms with Crippen LogP contribution in [0.15, 0.2) is 42.5 Å². The van der Waals surface area contributed by atoms with Crippen LogP contribution in [-0.2, 0) is 28.6 Å². The van der Waals surface area contributed by atoms with Crippen molar-refractivity contribution < 1.29 is 32.3 Å². The number of hydrogen-bond donors (Lipinski definition) is 2. The van der Waals surface area contributed by atoms with Crippen molar-refractivity contribution >= 4 is 28.8 Å². The largest absolute Gasteiger partial charge is 0.416 e. The second-order valence-corrected chi connectivity index (χ2v) is 10.1. The summed E-state index contributed by atoms with van der Waals surface area (Å²) < 4.78 is 55.8. The van der Waals surface area contributed by atoms with Crippen LogP contribution in [0.25, 0.3) is 5.57 Å². The Bertz CT molecular complexity index is 1260. The van der Waals surface area contributed by atoms with Crippen molar-refractivity contribution in [2.45, 2.75) is 69.3 Å². The van der Waals surface area contributed by atoms with E-state index in [1.54, 1.807) is 6.07 Å². The number of hydrogen-bond acceptors (Lipinski definition) is 3. The Balaban J connectivity index is 1.47. The molecule has 196 valence electrons. The second-order valence-electron chi connectivity index (χ2n) is 10.1. The molecule has 5 rings (SSSR count). The van der Waals surface area contributed by atoms with E-state index in [2.05, 4.69) is 5.32 Å². The first-order valence-electron chi connectivity index (χ1n) is 12.6. The number of nitrogens with one attached hydrogen (secondary N) is 1. The average molecular weight is 517 g/mol. The standard InChI is InChI=1S/C28H28F4N2O3/c29-27(11-1-2-12-27)26(37)34-13-10-18(21-9-7-19(15-24(21)34)28(30,31)32)14-25(36)33-23-5-3-4-17-6-8-20(35)16-22(17)23/h3-5,7,9,14-15,20,35H,1-2,6,8,10-13,16H2,(H,33,36)/b18-14+. The first-order valence-corrected chi connectivity index (χ1v) is 12.6. The summed E-state index contributed by atoms with van der Waals surface area (Å²) in [5.41, 5.74) is 0.218. The minimum atomic E-state index is -4.64.